The second-order valence-corrected chi connectivity index (χ2v) is 4.91. The summed E-state index contributed by atoms with van der Waals surface area (Å²) < 4.78 is 5.67. The molecule has 5 nitrogen and oxygen atoms in total. The summed E-state index contributed by atoms with van der Waals surface area (Å²) >= 11 is 0. The van der Waals surface area contributed by atoms with E-state index < -0.39 is 0 Å². The highest BCUT2D eigenvalue weighted by atomic mass is 16.5. The molecular weight excluding hydrogens is 266 g/mol. The molecule has 0 spiro atoms. The molecule has 1 aromatic carbocycles. The molecule has 0 heterocycles. The Balaban J connectivity index is 2.40. The van der Waals surface area contributed by atoms with Crippen molar-refractivity contribution in [3.05, 3.63) is 29.8 Å². The summed E-state index contributed by atoms with van der Waals surface area (Å²) in [6.07, 6.45) is 0. The van der Waals surface area contributed by atoms with Gasteiger partial charge in [-0.15, -0.1) is 0 Å². The summed E-state index contributed by atoms with van der Waals surface area (Å²) in [6, 6.07) is 7.58. The Bertz CT molecular complexity index is 518. The van der Waals surface area contributed by atoms with Gasteiger partial charge < -0.3 is 15.4 Å². The molecule has 0 aromatic heterocycles. The largest absolute Gasteiger partial charge is 0.492 e. The number of ether oxygens (including phenoxy) is 1. The van der Waals surface area contributed by atoms with Crippen LogP contribution in [0, 0.1) is 11.8 Å². The molecule has 21 heavy (non-hydrogen) atoms. The molecule has 1 rings (SSSR count). The molecule has 5 heteroatoms. The minimum Gasteiger partial charge on any atom is -0.492 e. The van der Waals surface area contributed by atoms with Gasteiger partial charge in [-0.05, 0) is 25.2 Å². The third-order valence-corrected chi connectivity index (χ3v) is 2.81. The number of likely N-dealkylation sites (N-methyl/N-ethyl adjacent to an activating group) is 2. The number of hydrogen-bond donors (Lipinski definition) is 1. The fraction of sp³-hybridized carbons (Fsp3) is 0.438. The number of hydrogen-bond acceptors (Lipinski definition) is 4. The van der Waals surface area contributed by atoms with Gasteiger partial charge in [-0.3, -0.25) is 9.69 Å². The van der Waals surface area contributed by atoms with Crippen LogP contribution in [0.1, 0.15) is 5.56 Å². The standard InChI is InChI=1S/C16H23N3O2/c1-18(2)16(20)13-19(3)10-11-21-15-8-4-6-14(12-15)7-5-9-17/h4,6,8,12H,9-11,13,17H2,1-3H3. The Morgan fingerprint density at radius 1 is 1.33 bits per heavy atom. The van der Waals surface area contributed by atoms with Crippen LogP contribution in [0.15, 0.2) is 24.3 Å². The van der Waals surface area contributed by atoms with Crippen molar-refractivity contribution >= 4 is 5.91 Å². The predicted octanol–water partition coefficient (Wildman–Crippen LogP) is 0.396. The van der Waals surface area contributed by atoms with Crippen molar-refractivity contribution in [3.8, 4) is 17.6 Å². The van der Waals surface area contributed by atoms with Crippen LogP contribution in [0.2, 0.25) is 0 Å². The lowest BCUT2D eigenvalue weighted by atomic mass is 10.2. The molecule has 2 N–H and O–H groups in total. The van der Waals surface area contributed by atoms with Crippen LogP contribution in [0.5, 0.6) is 5.75 Å². The highest BCUT2D eigenvalue weighted by Gasteiger charge is 2.08. The maximum absolute atomic E-state index is 11.5. The van der Waals surface area contributed by atoms with E-state index >= 15 is 0 Å². The molecule has 0 atom stereocenters. The van der Waals surface area contributed by atoms with E-state index in [-0.39, 0.29) is 5.91 Å². The second kappa shape index (κ2) is 9.01. The Labute approximate surface area is 126 Å². The first-order chi connectivity index (χ1) is 10.0. The molecule has 0 saturated carbocycles. The molecule has 0 aliphatic carbocycles. The van der Waals surface area contributed by atoms with Gasteiger partial charge in [-0.2, -0.15) is 0 Å². The van der Waals surface area contributed by atoms with E-state index in [1.165, 1.54) is 0 Å². The Hall–Kier alpha value is -2.03. The summed E-state index contributed by atoms with van der Waals surface area (Å²) in [6.45, 7) is 1.93. The normalized spacial score (nSPS) is 9.95. The lowest BCUT2D eigenvalue weighted by Crippen LogP contribution is -2.36. The van der Waals surface area contributed by atoms with Gasteiger partial charge in [0.2, 0.25) is 5.91 Å². The minimum absolute atomic E-state index is 0.0801. The Kier molecular flexibility index (Phi) is 7.30. The molecule has 0 bridgehead atoms. The highest BCUT2D eigenvalue weighted by molar-refractivity contribution is 5.77. The van der Waals surface area contributed by atoms with Crippen LogP contribution in [-0.2, 0) is 4.79 Å². The van der Waals surface area contributed by atoms with E-state index in [1.807, 2.05) is 36.2 Å². The fourth-order valence-electron chi connectivity index (χ4n) is 1.59. The molecule has 114 valence electrons. The molecule has 0 saturated heterocycles. The van der Waals surface area contributed by atoms with Crippen molar-refractivity contribution in [2.24, 2.45) is 5.73 Å². The van der Waals surface area contributed by atoms with Crippen molar-refractivity contribution in [1.82, 2.24) is 9.80 Å². The summed E-state index contributed by atoms with van der Waals surface area (Å²) in [5.41, 5.74) is 6.23. The first-order valence-electron chi connectivity index (χ1n) is 6.83. The molecule has 0 fully saturated rings. The topological polar surface area (TPSA) is 58.8 Å². The number of nitrogens with two attached hydrogens (primary N) is 1. The number of rotatable bonds is 6. The lowest BCUT2D eigenvalue weighted by Gasteiger charge is -2.19. The highest BCUT2D eigenvalue weighted by Crippen LogP contribution is 2.12. The average Bonchev–Trinajstić information content (AvgIpc) is 2.45. The zero-order valence-electron chi connectivity index (χ0n) is 12.9. The summed E-state index contributed by atoms with van der Waals surface area (Å²) in [5.74, 6) is 6.63. The number of nitrogens with zero attached hydrogens (tertiary/aromatic N) is 2. The van der Waals surface area contributed by atoms with E-state index in [0.29, 0.717) is 26.2 Å². The number of carbonyl (C=O) groups excluding carboxylic acids is 1. The third-order valence-electron chi connectivity index (χ3n) is 2.81. The van der Waals surface area contributed by atoms with E-state index in [1.54, 1.807) is 19.0 Å². The molecule has 0 aliphatic heterocycles. The minimum atomic E-state index is 0.0801. The Morgan fingerprint density at radius 2 is 2.10 bits per heavy atom. The van der Waals surface area contributed by atoms with Gasteiger partial charge in [0.05, 0.1) is 13.1 Å². The van der Waals surface area contributed by atoms with Gasteiger partial charge in [0, 0.05) is 26.2 Å². The van der Waals surface area contributed by atoms with Crippen molar-refractivity contribution in [2.45, 2.75) is 0 Å². The maximum atomic E-state index is 11.5. The Morgan fingerprint density at radius 3 is 2.76 bits per heavy atom. The monoisotopic (exact) mass is 289 g/mol. The van der Waals surface area contributed by atoms with Gasteiger partial charge in [-0.1, -0.05) is 17.9 Å². The van der Waals surface area contributed by atoms with Gasteiger partial charge in [-0.25, -0.2) is 0 Å². The molecule has 1 amide bonds. The predicted molar refractivity (Wildman–Crippen MR) is 84.1 cm³/mol. The molecule has 1 aromatic rings. The van der Waals surface area contributed by atoms with E-state index in [9.17, 15) is 4.79 Å². The van der Waals surface area contributed by atoms with Crippen molar-refractivity contribution in [2.75, 3.05) is 47.4 Å². The van der Waals surface area contributed by atoms with Crippen LogP contribution in [-0.4, -0.2) is 63.1 Å². The SMILES string of the molecule is CN(CCOc1cccc(C#CCN)c1)CC(=O)N(C)C. The number of carbonyl (C=O) groups is 1. The molecular formula is C16H23N3O2. The fourth-order valence-corrected chi connectivity index (χ4v) is 1.59. The van der Waals surface area contributed by atoms with Gasteiger partial charge in [0.25, 0.3) is 0 Å². The van der Waals surface area contributed by atoms with Gasteiger partial charge in [0.15, 0.2) is 0 Å². The molecule has 0 unspecified atom stereocenters. The second-order valence-electron chi connectivity index (χ2n) is 4.91. The van der Waals surface area contributed by atoms with Crippen LogP contribution >= 0.6 is 0 Å². The van der Waals surface area contributed by atoms with Crippen molar-refractivity contribution in [3.63, 3.8) is 0 Å². The van der Waals surface area contributed by atoms with Crippen LogP contribution in [0.25, 0.3) is 0 Å². The van der Waals surface area contributed by atoms with Crippen LogP contribution < -0.4 is 10.5 Å². The zero-order chi connectivity index (χ0) is 15.7. The van der Waals surface area contributed by atoms with Gasteiger partial charge >= 0.3 is 0 Å². The van der Waals surface area contributed by atoms with E-state index in [2.05, 4.69) is 11.8 Å². The average molecular weight is 289 g/mol. The smallest absolute Gasteiger partial charge is 0.236 e. The maximum Gasteiger partial charge on any atom is 0.236 e. The quantitative estimate of drug-likeness (QED) is 0.770. The van der Waals surface area contributed by atoms with Crippen LogP contribution in [0.3, 0.4) is 0 Å². The summed E-state index contributed by atoms with van der Waals surface area (Å²) in [5, 5.41) is 0. The first kappa shape index (κ1) is 17.0. The number of amides is 1. The molecule has 0 aliphatic rings. The summed E-state index contributed by atoms with van der Waals surface area (Å²) in [7, 11) is 5.40. The number of benzene rings is 1. The van der Waals surface area contributed by atoms with E-state index in [4.69, 9.17) is 10.5 Å². The van der Waals surface area contributed by atoms with Crippen molar-refractivity contribution in [1.29, 1.82) is 0 Å². The summed E-state index contributed by atoms with van der Waals surface area (Å²) in [4.78, 5) is 15.1. The lowest BCUT2D eigenvalue weighted by molar-refractivity contribution is -0.129. The van der Waals surface area contributed by atoms with E-state index in [0.717, 1.165) is 11.3 Å². The van der Waals surface area contributed by atoms with Crippen LogP contribution in [0.4, 0.5) is 0 Å². The molecule has 0 radical (unpaired) electrons. The van der Waals surface area contributed by atoms with Crippen molar-refractivity contribution < 1.29 is 9.53 Å². The first-order valence-corrected chi connectivity index (χ1v) is 6.83. The van der Waals surface area contributed by atoms with Gasteiger partial charge in [0.1, 0.15) is 12.4 Å². The zero-order valence-corrected chi connectivity index (χ0v) is 12.9. The third kappa shape index (κ3) is 6.80.